The molecule has 3 rings (SSSR count). The highest BCUT2D eigenvalue weighted by Crippen LogP contribution is 2.21. The van der Waals surface area contributed by atoms with Crippen LogP contribution in [0.4, 0.5) is 8.78 Å². The van der Waals surface area contributed by atoms with E-state index in [1.165, 1.54) is 36.0 Å². The van der Waals surface area contributed by atoms with E-state index in [1.54, 1.807) is 19.9 Å². The van der Waals surface area contributed by atoms with Crippen LogP contribution in [0.5, 0.6) is 0 Å². The Labute approximate surface area is 270 Å². The largest absolute Gasteiger partial charge is 0.396 e. The van der Waals surface area contributed by atoms with E-state index in [0.717, 1.165) is 28.5 Å². The third-order valence-electron chi connectivity index (χ3n) is 7.95. The van der Waals surface area contributed by atoms with Crippen molar-refractivity contribution < 1.29 is 28.3 Å². The molecule has 0 heterocycles. The number of amides is 3. The topological polar surface area (TPSA) is 116 Å². The van der Waals surface area contributed by atoms with Gasteiger partial charge in [0.2, 0.25) is 17.7 Å². The molecule has 3 aromatic rings. The predicted molar refractivity (Wildman–Crippen MR) is 177 cm³/mol. The summed E-state index contributed by atoms with van der Waals surface area (Å²) < 4.78 is 27.9. The molecule has 0 unspecified atom stereocenters. The highest BCUT2D eigenvalue weighted by Gasteiger charge is 2.35. The van der Waals surface area contributed by atoms with Crippen molar-refractivity contribution in [2.45, 2.75) is 64.6 Å². The van der Waals surface area contributed by atoms with Crippen LogP contribution in [0, 0.1) is 17.0 Å². The number of benzene rings is 3. The number of nitrogens with one attached hydrogen (secondary N) is 1. The van der Waals surface area contributed by atoms with Gasteiger partial charge in [-0.2, -0.15) is 0 Å². The number of nitrogens with zero attached hydrogens (tertiary/aromatic N) is 2. The van der Waals surface area contributed by atoms with Gasteiger partial charge in [-0.05, 0) is 60.4 Å². The number of hydrogen-bond acceptors (Lipinski definition) is 5. The molecule has 0 aliphatic heterocycles. The van der Waals surface area contributed by atoms with E-state index >= 15 is 0 Å². The number of fused-ring (bicyclic) bond motifs is 1. The molecule has 3 aromatic carbocycles. The summed E-state index contributed by atoms with van der Waals surface area (Å²) >= 11 is 0. The van der Waals surface area contributed by atoms with Crippen molar-refractivity contribution in [2.75, 3.05) is 27.2 Å². The van der Waals surface area contributed by atoms with Gasteiger partial charge in [-0.15, -0.1) is 0 Å². The number of likely N-dealkylation sites (N-methyl/N-ethyl adjacent to an activating group) is 2. The minimum atomic E-state index is -1.14. The lowest BCUT2D eigenvalue weighted by atomic mass is 9.94. The highest BCUT2D eigenvalue weighted by atomic mass is 19.2. The van der Waals surface area contributed by atoms with Crippen molar-refractivity contribution in [3.63, 3.8) is 0 Å². The van der Waals surface area contributed by atoms with Crippen LogP contribution in [0.15, 0.2) is 72.8 Å². The van der Waals surface area contributed by atoms with Gasteiger partial charge in [0.05, 0.1) is 0 Å². The minimum Gasteiger partial charge on any atom is -0.396 e. The van der Waals surface area contributed by atoms with Crippen molar-refractivity contribution in [3.05, 3.63) is 95.6 Å². The van der Waals surface area contributed by atoms with Crippen molar-refractivity contribution in [1.82, 2.24) is 15.1 Å². The molecular weight excluding hydrogens is 590 g/mol. The van der Waals surface area contributed by atoms with E-state index in [9.17, 15) is 28.3 Å². The first kappa shape index (κ1) is 36.3. The second-order valence-corrected chi connectivity index (χ2v) is 13.4. The third-order valence-corrected chi connectivity index (χ3v) is 7.95. The van der Waals surface area contributed by atoms with Crippen molar-refractivity contribution >= 4 is 28.5 Å². The van der Waals surface area contributed by atoms with E-state index in [0.29, 0.717) is 12.0 Å². The van der Waals surface area contributed by atoms with Crippen LogP contribution in [0.3, 0.4) is 0 Å². The van der Waals surface area contributed by atoms with Crippen LogP contribution in [-0.4, -0.2) is 77.5 Å². The van der Waals surface area contributed by atoms with Gasteiger partial charge in [-0.1, -0.05) is 68.5 Å². The molecule has 0 saturated heterocycles. The van der Waals surface area contributed by atoms with Gasteiger partial charge in [0.25, 0.3) is 0 Å². The zero-order valence-electron chi connectivity index (χ0n) is 27.5. The Kier molecular flexibility index (Phi) is 12.2. The standard InChI is InChI=1S/C36H46F2N4O4/c1-35(2,23-43)22-40-33(45)30(20-25-14-16-28(37)29(38)19-25)42(6)34(46)31(41(5)32(44)12-9-17-36(3,4)39)21-24-13-15-26-10-7-8-11-27(26)18-24/h7-16,18-19,30-31,43H,17,20-23,39H2,1-6H3,(H,40,45)/b12-9+/t30-,31-/m1/s1. The lowest BCUT2D eigenvalue weighted by Gasteiger charge is -2.35. The predicted octanol–water partition coefficient (Wildman–Crippen LogP) is 4.38. The first-order valence-electron chi connectivity index (χ1n) is 15.3. The van der Waals surface area contributed by atoms with Crippen molar-refractivity contribution in [1.29, 1.82) is 0 Å². The summed E-state index contributed by atoms with van der Waals surface area (Å²) in [5, 5.41) is 14.5. The zero-order valence-corrected chi connectivity index (χ0v) is 27.5. The van der Waals surface area contributed by atoms with E-state index in [4.69, 9.17) is 5.73 Å². The van der Waals surface area contributed by atoms with Crippen LogP contribution < -0.4 is 11.1 Å². The number of nitrogens with two attached hydrogens (primary N) is 1. The number of aliphatic hydroxyl groups excluding tert-OH is 1. The molecule has 3 amide bonds. The number of halogens is 2. The van der Waals surface area contributed by atoms with Crippen LogP contribution in [0.1, 0.15) is 45.2 Å². The lowest BCUT2D eigenvalue weighted by molar-refractivity contribution is -0.146. The van der Waals surface area contributed by atoms with Gasteiger partial charge in [-0.3, -0.25) is 14.4 Å². The van der Waals surface area contributed by atoms with Crippen LogP contribution in [0.25, 0.3) is 10.8 Å². The molecule has 0 aliphatic carbocycles. The molecule has 0 fully saturated rings. The Bertz CT molecular complexity index is 1570. The normalized spacial score (nSPS) is 13.4. The number of carbonyl (C=O) groups is 3. The number of rotatable bonds is 14. The molecule has 8 nitrogen and oxygen atoms in total. The van der Waals surface area contributed by atoms with E-state index in [2.05, 4.69) is 5.32 Å². The van der Waals surface area contributed by atoms with Gasteiger partial charge >= 0.3 is 0 Å². The fourth-order valence-corrected chi connectivity index (χ4v) is 4.90. The third kappa shape index (κ3) is 10.2. The summed E-state index contributed by atoms with van der Waals surface area (Å²) in [5.74, 6) is -3.56. The summed E-state index contributed by atoms with van der Waals surface area (Å²) in [7, 11) is 2.99. The monoisotopic (exact) mass is 636 g/mol. The summed E-state index contributed by atoms with van der Waals surface area (Å²) in [6.45, 7) is 7.14. The second-order valence-electron chi connectivity index (χ2n) is 13.4. The molecular formula is C36H46F2N4O4. The highest BCUT2D eigenvalue weighted by molar-refractivity contribution is 5.95. The fraction of sp³-hybridized carbons (Fsp3) is 0.417. The first-order chi connectivity index (χ1) is 21.5. The molecule has 0 aromatic heterocycles. The molecule has 0 aliphatic rings. The second kappa shape index (κ2) is 15.4. The van der Waals surface area contributed by atoms with Crippen molar-refractivity contribution in [2.24, 2.45) is 11.1 Å². The lowest BCUT2D eigenvalue weighted by Crippen LogP contribution is -2.56. The Balaban J connectivity index is 1.99. The Morgan fingerprint density at radius 3 is 2.11 bits per heavy atom. The SMILES string of the molecule is CN(C(=O)/C=C/CC(C)(C)N)[C@H](Cc1ccc2ccccc2c1)C(=O)N(C)[C@H](Cc1ccc(F)c(F)c1)C(=O)NCC(C)(C)CO. The van der Waals surface area contributed by atoms with Crippen LogP contribution >= 0.6 is 0 Å². The molecule has 46 heavy (non-hydrogen) atoms. The Morgan fingerprint density at radius 1 is 0.870 bits per heavy atom. The van der Waals surface area contributed by atoms with E-state index < -0.39 is 52.4 Å². The summed E-state index contributed by atoms with van der Waals surface area (Å²) in [5.41, 5.74) is 6.01. The minimum absolute atomic E-state index is 0.111. The van der Waals surface area contributed by atoms with Crippen LogP contribution in [-0.2, 0) is 27.2 Å². The van der Waals surface area contributed by atoms with E-state index in [1.807, 2.05) is 56.3 Å². The zero-order chi connectivity index (χ0) is 34.2. The van der Waals surface area contributed by atoms with E-state index in [-0.39, 0.29) is 26.0 Å². The molecule has 4 N–H and O–H groups in total. The summed E-state index contributed by atoms with van der Waals surface area (Å²) in [6.07, 6.45) is 3.54. The summed E-state index contributed by atoms with van der Waals surface area (Å²) in [6, 6.07) is 14.8. The quantitative estimate of drug-likeness (QED) is 0.227. The number of carbonyl (C=O) groups excluding carboxylic acids is 3. The molecule has 0 saturated carbocycles. The Hall–Kier alpha value is -4.15. The van der Waals surface area contributed by atoms with Gasteiger partial charge in [0, 0.05) is 51.0 Å². The van der Waals surface area contributed by atoms with Gasteiger partial charge < -0.3 is 26.0 Å². The molecule has 0 spiro atoms. The van der Waals surface area contributed by atoms with Gasteiger partial charge in [-0.25, -0.2) is 8.78 Å². The smallest absolute Gasteiger partial charge is 0.246 e. The molecule has 0 radical (unpaired) electrons. The van der Waals surface area contributed by atoms with Gasteiger partial charge in [0.1, 0.15) is 12.1 Å². The maximum atomic E-state index is 14.3. The first-order valence-corrected chi connectivity index (χ1v) is 15.3. The molecule has 248 valence electrons. The number of aliphatic hydroxyl groups is 1. The molecule has 0 bridgehead atoms. The average molecular weight is 637 g/mol. The number of hydrogen-bond donors (Lipinski definition) is 3. The molecule has 10 heteroatoms. The Morgan fingerprint density at radius 2 is 1.48 bits per heavy atom. The average Bonchev–Trinajstić information content (AvgIpc) is 3.01. The van der Waals surface area contributed by atoms with Gasteiger partial charge in [0.15, 0.2) is 11.6 Å². The van der Waals surface area contributed by atoms with Crippen molar-refractivity contribution in [3.8, 4) is 0 Å². The fourth-order valence-electron chi connectivity index (χ4n) is 4.90. The maximum absolute atomic E-state index is 14.3. The summed E-state index contributed by atoms with van der Waals surface area (Å²) in [4.78, 5) is 43.9. The molecule has 2 atom stereocenters. The maximum Gasteiger partial charge on any atom is 0.246 e. The van der Waals surface area contributed by atoms with Crippen LogP contribution in [0.2, 0.25) is 0 Å².